The predicted molar refractivity (Wildman–Crippen MR) is 92.0 cm³/mol. The number of benzene rings is 1. The van der Waals surface area contributed by atoms with E-state index in [4.69, 9.17) is 4.74 Å². The summed E-state index contributed by atoms with van der Waals surface area (Å²) in [6, 6.07) is 11.4. The van der Waals surface area contributed by atoms with Gasteiger partial charge in [0.15, 0.2) is 0 Å². The molecule has 122 valence electrons. The van der Waals surface area contributed by atoms with Crippen LogP contribution in [0.2, 0.25) is 0 Å². The summed E-state index contributed by atoms with van der Waals surface area (Å²) in [7, 11) is 1.65. The zero-order valence-electron chi connectivity index (χ0n) is 13.6. The number of nitrogens with zero attached hydrogens (tertiary/aromatic N) is 1. The minimum absolute atomic E-state index is 0.167. The van der Waals surface area contributed by atoms with E-state index in [2.05, 4.69) is 22.5 Å². The molecule has 2 aromatic rings. The highest BCUT2D eigenvalue weighted by Gasteiger charge is 2.08. The fourth-order valence-electron chi connectivity index (χ4n) is 2.24. The molecular formula is C18H23N3O2. The van der Waals surface area contributed by atoms with E-state index in [1.807, 2.05) is 30.3 Å². The Kier molecular flexibility index (Phi) is 6.41. The van der Waals surface area contributed by atoms with Crippen molar-refractivity contribution in [2.24, 2.45) is 0 Å². The molecule has 0 atom stereocenters. The van der Waals surface area contributed by atoms with Crippen molar-refractivity contribution in [1.29, 1.82) is 0 Å². The summed E-state index contributed by atoms with van der Waals surface area (Å²) in [6.45, 7) is 3.51. The van der Waals surface area contributed by atoms with Crippen LogP contribution in [0.1, 0.15) is 29.4 Å². The monoisotopic (exact) mass is 313 g/mol. The van der Waals surface area contributed by atoms with E-state index in [9.17, 15) is 4.79 Å². The Morgan fingerprint density at radius 3 is 2.83 bits per heavy atom. The molecule has 5 nitrogen and oxygen atoms in total. The zero-order chi connectivity index (χ0) is 16.5. The molecule has 0 aliphatic carbocycles. The van der Waals surface area contributed by atoms with E-state index in [-0.39, 0.29) is 5.91 Å². The quantitative estimate of drug-likeness (QED) is 0.786. The molecule has 1 heterocycles. The van der Waals surface area contributed by atoms with Gasteiger partial charge in [0.1, 0.15) is 11.4 Å². The molecule has 5 heteroatoms. The number of pyridine rings is 1. The molecule has 2 N–H and O–H groups in total. The predicted octanol–water partition coefficient (Wildman–Crippen LogP) is 2.88. The number of carbonyl (C=O) groups excluding carboxylic acids is 1. The van der Waals surface area contributed by atoms with Crippen LogP contribution >= 0.6 is 0 Å². The zero-order valence-corrected chi connectivity index (χ0v) is 13.6. The molecule has 0 spiro atoms. The molecule has 0 radical (unpaired) electrons. The molecule has 1 amide bonds. The van der Waals surface area contributed by atoms with E-state index in [0.29, 0.717) is 18.7 Å². The normalized spacial score (nSPS) is 10.2. The summed E-state index contributed by atoms with van der Waals surface area (Å²) in [5.74, 6) is 0.672. The highest BCUT2D eigenvalue weighted by atomic mass is 16.5. The third-order valence-corrected chi connectivity index (χ3v) is 3.44. The summed E-state index contributed by atoms with van der Waals surface area (Å²) in [4.78, 5) is 16.3. The van der Waals surface area contributed by atoms with Crippen molar-refractivity contribution in [3.8, 4) is 5.75 Å². The van der Waals surface area contributed by atoms with Crippen molar-refractivity contribution in [3.63, 3.8) is 0 Å². The Balaban J connectivity index is 1.89. The first-order valence-corrected chi connectivity index (χ1v) is 7.84. The first-order chi connectivity index (χ1) is 11.2. The highest BCUT2D eigenvalue weighted by molar-refractivity contribution is 5.93. The third-order valence-electron chi connectivity index (χ3n) is 3.44. The van der Waals surface area contributed by atoms with Crippen LogP contribution in [-0.2, 0) is 6.42 Å². The standard InChI is InChI=1S/C18H23N3O2/c1-3-10-19-15-9-12-20-16(13-15)18(22)21-11-8-14-6-4-5-7-17(14)23-2/h4-7,9,12-13H,3,8,10-11H2,1-2H3,(H,19,20)(H,21,22). The van der Waals surface area contributed by atoms with Gasteiger partial charge in [-0.05, 0) is 36.6 Å². The van der Waals surface area contributed by atoms with Gasteiger partial charge in [-0.15, -0.1) is 0 Å². The largest absolute Gasteiger partial charge is 0.496 e. The number of aromatic nitrogens is 1. The molecule has 0 aliphatic rings. The molecule has 0 unspecified atom stereocenters. The van der Waals surface area contributed by atoms with Crippen molar-refractivity contribution in [1.82, 2.24) is 10.3 Å². The van der Waals surface area contributed by atoms with Gasteiger partial charge in [0, 0.05) is 25.0 Å². The fourth-order valence-corrected chi connectivity index (χ4v) is 2.24. The van der Waals surface area contributed by atoms with Crippen LogP contribution in [0.25, 0.3) is 0 Å². The molecule has 0 bridgehead atoms. The summed E-state index contributed by atoms with van der Waals surface area (Å²) in [5, 5.41) is 6.15. The van der Waals surface area contributed by atoms with E-state index in [0.717, 1.165) is 30.0 Å². The molecule has 0 saturated heterocycles. The molecule has 1 aromatic heterocycles. The van der Waals surface area contributed by atoms with Crippen LogP contribution in [-0.4, -0.2) is 31.1 Å². The molecule has 0 aliphatic heterocycles. The van der Waals surface area contributed by atoms with E-state index in [1.165, 1.54) is 0 Å². The number of rotatable bonds is 8. The molecule has 0 saturated carbocycles. The maximum Gasteiger partial charge on any atom is 0.269 e. The number of anilines is 1. The lowest BCUT2D eigenvalue weighted by atomic mass is 10.1. The van der Waals surface area contributed by atoms with Crippen LogP contribution in [0.5, 0.6) is 5.75 Å². The Hall–Kier alpha value is -2.56. The Morgan fingerprint density at radius 2 is 2.04 bits per heavy atom. The first-order valence-electron chi connectivity index (χ1n) is 7.84. The lowest BCUT2D eigenvalue weighted by molar-refractivity contribution is 0.0949. The minimum Gasteiger partial charge on any atom is -0.496 e. The Labute approximate surface area is 137 Å². The summed E-state index contributed by atoms with van der Waals surface area (Å²) < 4.78 is 5.31. The Bertz CT molecular complexity index is 644. The summed E-state index contributed by atoms with van der Waals surface area (Å²) in [6.07, 6.45) is 3.39. The molecule has 1 aromatic carbocycles. The fraction of sp³-hybridized carbons (Fsp3) is 0.333. The van der Waals surface area contributed by atoms with Gasteiger partial charge >= 0.3 is 0 Å². The van der Waals surface area contributed by atoms with E-state index >= 15 is 0 Å². The maximum atomic E-state index is 12.2. The number of nitrogens with one attached hydrogen (secondary N) is 2. The van der Waals surface area contributed by atoms with Crippen LogP contribution in [0, 0.1) is 0 Å². The number of para-hydroxylation sites is 1. The highest BCUT2D eigenvalue weighted by Crippen LogP contribution is 2.17. The second-order valence-corrected chi connectivity index (χ2v) is 5.17. The van der Waals surface area contributed by atoms with Crippen LogP contribution in [0.15, 0.2) is 42.6 Å². The average molecular weight is 313 g/mol. The lowest BCUT2D eigenvalue weighted by Gasteiger charge is -2.10. The number of amides is 1. The molecule has 2 rings (SSSR count). The van der Waals surface area contributed by atoms with E-state index in [1.54, 1.807) is 19.4 Å². The number of hydrogen-bond acceptors (Lipinski definition) is 4. The number of carbonyl (C=O) groups is 1. The number of hydrogen-bond donors (Lipinski definition) is 2. The maximum absolute atomic E-state index is 12.2. The summed E-state index contributed by atoms with van der Waals surface area (Å²) >= 11 is 0. The van der Waals surface area contributed by atoms with Gasteiger partial charge in [-0.25, -0.2) is 0 Å². The van der Waals surface area contributed by atoms with Crippen molar-refractivity contribution in [2.45, 2.75) is 19.8 Å². The van der Waals surface area contributed by atoms with Gasteiger partial charge in [-0.2, -0.15) is 0 Å². The third kappa shape index (κ3) is 4.98. The minimum atomic E-state index is -0.167. The second kappa shape index (κ2) is 8.78. The average Bonchev–Trinajstić information content (AvgIpc) is 2.60. The van der Waals surface area contributed by atoms with Crippen molar-refractivity contribution in [2.75, 3.05) is 25.5 Å². The van der Waals surface area contributed by atoms with Crippen molar-refractivity contribution >= 4 is 11.6 Å². The van der Waals surface area contributed by atoms with Crippen molar-refractivity contribution in [3.05, 3.63) is 53.9 Å². The van der Waals surface area contributed by atoms with Crippen LogP contribution in [0.4, 0.5) is 5.69 Å². The second-order valence-electron chi connectivity index (χ2n) is 5.17. The van der Waals surface area contributed by atoms with E-state index < -0.39 is 0 Å². The Morgan fingerprint density at radius 1 is 1.22 bits per heavy atom. The number of ether oxygens (including phenoxy) is 1. The SMILES string of the molecule is CCCNc1ccnc(C(=O)NCCc2ccccc2OC)c1. The van der Waals surface area contributed by atoms with Crippen LogP contribution in [0.3, 0.4) is 0 Å². The van der Waals surface area contributed by atoms with Gasteiger partial charge in [0.05, 0.1) is 7.11 Å². The smallest absolute Gasteiger partial charge is 0.269 e. The van der Waals surface area contributed by atoms with Gasteiger partial charge in [0.25, 0.3) is 5.91 Å². The van der Waals surface area contributed by atoms with Gasteiger partial charge in [-0.1, -0.05) is 25.1 Å². The van der Waals surface area contributed by atoms with Crippen molar-refractivity contribution < 1.29 is 9.53 Å². The molecule has 23 heavy (non-hydrogen) atoms. The lowest BCUT2D eigenvalue weighted by Crippen LogP contribution is -2.26. The van der Waals surface area contributed by atoms with Gasteiger partial charge < -0.3 is 15.4 Å². The summed E-state index contributed by atoms with van der Waals surface area (Å²) in [5.41, 5.74) is 2.41. The number of methoxy groups -OCH3 is 1. The molecule has 0 fully saturated rings. The first kappa shape index (κ1) is 16.8. The van der Waals surface area contributed by atoms with Gasteiger partial charge in [0.2, 0.25) is 0 Å². The van der Waals surface area contributed by atoms with Gasteiger partial charge in [-0.3, -0.25) is 9.78 Å². The molecular weight excluding hydrogens is 290 g/mol. The topological polar surface area (TPSA) is 63.2 Å². The van der Waals surface area contributed by atoms with Crippen LogP contribution < -0.4 is 15.4 Å².